The first kappa shape index (κ1) is 12.7. The molecule has 0 saturated carbocycles. The molecule has 96 valence electrons. The number of aromatic nitrogens is 4. The smallest absolute Gasteiger partial charge is 0.195 e. The van der Waals surface area contributed by atoms with Gasteiger partial charge in [0.15, 0.2) is 11.6 Å². The minimum atomic E-state index is 0.0894. The molecular weight excluding hydrogens is 226 g/mol. The second kappa shape index (κ2) is 4.86. The van der Waals surface area contributed by atoms with Crippen molar-refractivity contribution in [3.05, 3.63) is 29.8 Å². The highest BCUT2D eigenvalue weighted by Gasteiger charge is 2.11. The van der Waals surface area contributed by atoms with E-state index in [0.29, 0.717) is 11.6 Å². The van der Waals surface area contributed by atoms with E-state index in [0.717, 1.165) is 17.8 Å². The van der Waals surface area contributed by atoms with Gasteiger partial charge in [0.1, 0.15) is 0 Å². The SMILES string of the molecule is Cc1nc(-c2ncc[nH]2)ncc1CNC(C)(C)C. The van der Waals surface area contributed by atoms with Gasteiger partial charge in [-0.2, -0.15) is 0 Å². The standard InChI is InChI=1S/C13H19N5/c1-9-10(8-17-13(2,3)4)7-16-12(18-9)11-14-5-6-15-11/h5-7,17H,8H2,1-4H3,(H,14,15). The maximum absolute atomic E-state index is 4.47. The van der Waals surface area contributed by atoms with Gasteiger partial charge in [-0.05, 0) is 27.7 Å². The first-order chi connectivity index (χ1) is 8.46. The van der Waals surface area contributed by atoms with E-state index >= 15 is 0 Å². The Morgan fingerprint density at radius 3 is 2.61 bits per heavy atom. The van der Waals surface area contributed by atoms with E-state index in [1.807, 2.05) is 13.1 Å². The second-order valence-electron chi connectivity index (χ2n) is 5.35. The van der Waals surface area contributed by atoms with Crippen LogP contribution in [0.4, 0.5) is 0 Å². The third kappa shape index (κ3) is 3.13. The summed E-state index contributed by atoms with van der Waals surface area (Å²) in [7, 11) is 0. The predicted molar refractivity (Wildman–Crippen MR) is 70.9 cm³/mol. The highest BCUT2D eigenvalue weighted by Crippen LogP contribution is 2.12. The summed E-state index contributed by atoms with van der Waals surface area (Å²) in [5.74, 6) is 1.34. The summed E-state index contributed by atoms with van der Waals surface area (Å²) >= 11 is 0. The molecule has 0 fully saturated rings. The fourth-order valence-electron chi connectivity index (χ4n) is 1.53. The number of imidazole rings is 1. The third-order valence-electron chi connectivity index (χ3n) is 2.60. The molecular formula is C13H19N5. The van der Waals surface area contributed by atoms with Crippen molar-refractivity contribution in [1.82, 2.24) is 25.3 Å². The zero-order chi connectivity index (χ0) is 13.2. The topological polar surface area (TPSA) is 66.5 Å². The van der Waals surface area contributed by atoms with Crippen LogP contribution in [0.25, 0.3) is 11.6 Å². The van der Waals surface area contributed by atoms with Crippen molar-refractivity contribution in [2.45, 2.75) is 39.8 Å². The Bertz CT molecular complexity index is 511. The van der Waals surface area contributed by atoms with E-state index < -0.39 is 0 Å². The Hall–Kier alpha value is -1.75. The van der Waals surface area contributed by atoms with Crippen molar-refractivity contribution in [2.75, 3.05) is 0 Å². The van der Waals surface area contributed by atoms with E-state index in [2.05, 4.69) is 46.0 Å². The van der Waals surface area contributed by atoms with Gasteiger partial charge in [-0.3, -0.25) is 0 Å². The minimum Gasteiger partial charge on any atom is -0.342 e. The largest absolute Gasteiger partial charge is 0.342 e. The molecule has 0 saturated heterocycles. The van der Waals surface area contributed by atoms with Gasteiger partial charge in [0.05, 0.1) is 0 Å². The summed E-state index contributed by atoms with van der Waals surface area (Å²) in [4.78, 5) is 16.0. The average Bonchev–Trinajstić information content (AvgIpc) is 2.79. The Labute approximate surface area is 107 Å². The van der Waals surface area contributed by atoms with Gasteiger partial charge in [0.2, 0.25) is 0 Å². The van der Waals surface area contributed by atoms with Crippen LogP contribution in [0, 0.1) is 6.92 Å². The summed E-state index contributed by atoms with van der Waals surface area (Å²) in [5, 5.41) is 3.43. The fraction of sp³-hybridized carbons (Fsp3) is 0.462. The van der Waals surface area contributed by atoms with Gasteiger partial charge < -0.3 is 10.3 Å². The van der Waals surface area contributed by atoms with Crippen molar-refractivity contribution in [3.63, 3.8) is 0 Å². The second-order valence-corrected chi connectivity index (χ2v) is 5.35. The maximum Gasteiger partial charge on any atom is 0.195 e. The molecule has 2 N–H and O–H groups in total. The molecule has 0 spiro atoms. The van der Waals surface area contributed by atoms with Crippen LogP contribution in [-0.4, -0.2) is 25.5 Å². The van der Waals surface area contributed by atoms with Gasteiger partial charge in [-0.15, -0.1) is 0 Å². The fourth-order valence-corrected chi connectivity index (χ4v) is 1.53. The van der Waals surface area contributed by atoms with Crippen LogP contribution in [0.2, 0.25) is 0 Å². The summed E-state index contributed by atoms with van der Waals surface area (Å²) < 4.78 is 0. The van der Waals surface area contributed by atoms with Crippen LogP contribution >= 0.6 is 0 Å². The van der Waals surface area contributed by atoms with Gasteiger partial charge in [-0.1, -0.05) is 0 Å². The van der Waals surface area contributed by atoms with Crippen LogP contribution in [0.1, 0.15) is 32.0 Å². The van der Waals surface area contributed by atoms with Crippen molar-refractivity contribution in [2.24, 2.45) is 0 Å². The van der Waals surface area contributed by atoms with Crippen molar-refractivity contribution < 1.29 is 0 Å². The van der Waals surface area contributed by atoms with E-state index in [1.54, 1.807) is 12.4 Å². The summed E-state index contributed by atoms with van der Waals surface area (Å²) in [6.45, 7) is 9.18. The lowest BCUT2D eigenvalue weighted by Gasteiger charge is -2.20. The molecule has 0 aliphatic rings. The van der Waals surface area contributed by atoms with Crippen LogP contribution in [-0.2, 0) is 6.54 Å². The lowest BCUT2D eigenvalue weighted by atomic mass is 10.1. The van der Waals surface area contributed by atoms with E-state index in [9.17, 15) is 0 Å². The quantitative estimate of drug-likeness (QED) is 0.868. The molecule has 2 heterocycles. The molecule has 0 radical (unpaired) electrons. The van der Waals surface area contributed by atoms with Crippen molar-refractivity contribution >= 4 is 0 Å². The first-order valence-corrected chi connectivity index (χ1v) is 6.03. The zero-order valence-electron chi connectivity index (χ0n) is 11.3. The van der Waals surface area contributed by atoms with Crippen LogP contribution in [0.3, 0.4) is 0 Å². The Morgan fingerprint density at radius 1 is 1.28 bits per heavy atom. The van der Waals surface area contributed by atoms with Gasteiger partial charge in [0.25, 0.3) is 0 Å². The number of aromatic amines is 1. The highest BCUT2D eigenvalue weighted by molar-refractivity contribution is 5.43. The molecule has 0 aliphatic carbocycles. The summed E-state index contributed by atoms with van der Waals surface area (Å²) in [6.07, 6.45) is 5.32. The van der Waals surface area contributed by atoms with E-state index in [1.165, 1.54) is 0 Å². The van der Waals surface area contributed by atoms with E-state index in [-0.39, 0.29) is 5.54 Å². The monoisotopic (exact) mass is 245 g/mol. The summed E-state index contributed by atoms with van der Waals surface area (Å²) in [6, 6.07) is 0. The first-order valence-electron chi connectivity index (χ1n) is 6.03. The number of hydrogen-bond donors (Lipinski definition) is 2. The lowest BCUT2D eigenvalue weighted by molar-refractivity contribution is 0.423. The zero-order valence-corrected chi connectivity index (χ0v) is 11.3. The van der Waals surface area contributed by atoms with Crippen LogP contribution in [0.15, 0.2) is 18.6 Å². The van der Waals surface area contributed by atoms with Crippen molar-refractivity contribution in [3.8, 4) is 11.6 Å². The van der Waals surface area contributed by atoms with Crippen LogP contribution in [0.5, 0.6) is 0 Å². The van der Waals surface area contributed by atoms with E-state index in [4.69, 9.17) is 0 Å². The lowest BCUT2D eigenvalue weighted by Crippen LogP contribution is -2.35. The Kier molecular flexibility index (Phi) is 3.43. The number of hydrogen-bond acceptors (Lipinski definition) is 4. The Morgan fingerprint density at radius 2 is 2.06 bits per heavy atom. The third-order valence-corrected chi connectivity index (χ3v) is 2.60. The minimum absolute atomic E-state index is 0.0894. The number of H-pyrrole nitrogens is 1. The molecule has 0 aromatic carbocycles. The van der Waals surface area contributed by atoms with Gasteiger partial charge >= 0.3 is 0 Å². The maximum atomic E-state index is 4.47. The van der Waals surface area contributed by atoms with Gasteiger partial charge in [0, 0.05) is 41.9 Å². The molecule has 2 aromatic heterocycles. The van der Waals surface area contributed by atoms with Crippen LogP contribution < -0.4 is 5.32 Å². The molecule has 0 atom stereocenters. The Balaban J connectivity index is 2.16. The molecule has 5 nitrogen and oxygen atoms in total. The molecule has 2 aromatic rings. The number of rotatable bonds is 3. The normalized spacial score (nSPS) is 11.8. The molecule has 5 heteroatoms. The predicted octanol–water partition coefficient (Wildman–Crippen LogP) is 2.06. The summed E-state index contributed by atoms with van der Waals surface area (Å²) in [5.41, 5.74) is 2.18. The number of nitrogens with one attached hydrogen (secondary N) is 2. The molecule has 0 amide bonds. The number of aryl methyl sites for hydroxylation is 1. The highest BCUT2D eigenvalue weighted by atomic mass is 15.0. The average molecular weight is 245 g/mol. The molecule has 0 unspecified atom stereocenters. The molecule has 2 rings (SSSR count). The van der Waals surface area contributed by atoms with Gasteiger partial charge in [-0.25, -0.2) is 15.0 Å². The molecule has 0 bridgehead atoms. The molecule has 18 heavy (non-hydrogen) atoms. The molecule has 0 aliphatic heterocycles. The van der Waals surface area contributed by atoms with Crippen molar-refractivity contribution in [1.29, 1.82) is 0 Å². The number of nitrogens with zero attached hydrogens (tertiary/aromatic N) is 3.